The molecule has 0 aliphatic carbocycles. The van der Waals surface area contributed by atoms with Crippen LogP contribution in [0.15, 0.2) is 109 Å². The van der Waals surface area contributed by atoms with Gasteiger partial charge in [0.1, 0.15) is 5.82 Å². The van der Waals surface area contributed by atoms with Crippen molar-refractivity contribution in [2.75, 3.05) is 0 Å². The summed E-state index contributed by atoms with van der Waals surface area (Å²) in [6, 6.07) is 33.1. The summed E-state index contributed by atoms with van der Waals surface area (Å²) < 4.78 is 0. The average molecular weight is 457 g/mol. The Hall–Kier alpha value is -4.97. The third-order valence-corrected chi connectivity index (χ3v) is 6.18. The molecule has 6 rings (SSSR count). The molecule has 0 aliphatic heterocycles. The van der Waals surface area contributed by atoms with Gasteiger partial charge in [0.2, 0.25) is 0 Å². The van der Waals surface area contributed by atoms with Crippen molar-refractivity contribution >= 4 is 16.6 Å². The largest absolute Gasteiger partial charge is 0.360 e. The van der Waals surface area contributed by atoms with Gasteiger partial charge in [0.05, 0.1) is 16.3 Å². The topological polar surface area (TPSA) is 87.6 Å². The molecule has 6 nitrogen and oxygen atoms in total. The summed E-state index contributed by atoms with van der Waals surface area (Å²) in [4.78, 5) is 22.5. The molecule has 0 atom stereocenters. The Kier molecular flexibility index (Phi) is 4.96. The average Bonchev–Trinajstić information content (AvgIpc) is 3.54. The molecule has 2 aromatic heterocycles. The van der Waals surface area contributed by atoms with Gasteiger partial charge in [0, 0.05) is 45.9 Å². The van der Waals surface area contributed by atoms with Crippen molar-refractivity contribution in [3.8, 4) is 45.0 Å². The molecule has 0 saturated carbocycles. The van der Waals surface area contributed by atoms with Crippen LogP contribution in [-0.2, 0) is 0 Å². The second-order valence-electron chi connectivity index (χ2n) is 8.30. The van der Waals surface area contributed by atoms with Gasteiger partial charge in [-0.3, -0.25) is 10.1 Å². The van der Waals surface area contributed by atoms with E-state index in [-0.39, 0.29) is 10.6 Å². The van der Waals surface area contributed by atoms with Gasteiger partial charge in [-0.15, -0.1) is 0 Å². The smallest absolute Gasteiger partial charge is 0.269 e. The Morgan fingerprint density at radius 2 is 1.31 bits per heavy atom. The maximum absolute atomic E-state index is 11.0. The number of aromatic amines is 2. The standard InChI is InChI=1S/C29H20N4O2/c34-33(35)23-16-14-20(15-17-23)19-10-12-22(13-11-19)28-27(21-6-2-1-3-7-21)31-29(32-28)25-18-30-26-9-5-4-8-24(25)26/h1-18,30H,(H,31,32). The van der Waals surface area contributed by atoms with Gasteiger partial charge in [0.25, 0.3) is 5.69 Å². The summed E-state index contributed by atoms with van der Waals surface area (Å²) >= 11 is 0. The lowest BCUT2D eigenvalue weighted by Gasteiger charge is -2.06. The number of imidazole rings is 1. The Labute approximate surface area is 201 Å². The molecule has 6 aromatic rings. The van der Waals surface area contributed by atoms with Gasteiger partial charge in [0.15, 0.2) is 0 Å². The van der Waals surface area contributed by atoms with E-state index in [1.54, 1.807) is 12.1 Å². The predicted octanol–water partition coefficient (Wildman–Crippen LogP) is 7.47. The number of hydrogen-bond acceptors (Lipinski definition) is 3. The molecule has 6 heteroatoms. The van der Waals surface area contributed by atoms with Crippen molar-refractivity contribution in [2.24, 2.45) is 0 Å². The van der Waals surface area contributed by atoms with Crippen molar-refractivity contribution in [1.82, 2.24) is 15.0 Å². The number of nitrogens with zero attached hydrogens (tertiary/aromatic N) is 2. The minimum Gasteiger partial charge on any atom is -0.360 e. The van der Waals surface area contributed by atoms with E-state index in [9.17, 15) is 10.1 Å². The summed E-state index contributed by atoms with van der Waals surface area (Å²) in [7, 11) is 0. The van der Waals surface area contributed by atoms with Crippen LogP contribution in [-0.4, -0.2) is 19.9 Å². The highest BCUT2D eigenvalue weighted by atomic mass is 16.6. The molecule has 0 fully saturated rings. The van der Waals surface area contributed by atoms with Crippen LogP contribution >= 0.6 is 0 Å². The second kappa shape index (κ2) is 8.43. The zero-order valence-corrected chi connectivity index (χ0v) is 18.6. The van der Waals surface area contributed by atoms with Crippen molar-refractivity contribution in [3.63, 3.8) is 0 Å². The normalized spacial score (nSPS) is 11.1. The van der Waals surface area contributed by atoms with E-state index >= 15 is 0 Å². The zero-order valence-electron chi connectivity index (χ0n) is 18.6. The molecule has 35 heavy (non-hydrogen) atoms. The molecule has 4 aromatic carbocycles. The van der Waals surface area contributed by atoms with Crippen molar-refractivity contribution in [2.45, 2.75) is 0 Å². The molecule has 2 N–H and O–H groups in total. The van der Waals surface area contributed by atoms with Gasteiger partial charge in [-0.25, -0.2) is 4.98 Å². The first kappa shape index (κ1) is 20.6. The van der Waals surface area contributed by atoms with Crippen molar-refractivity contribution in [3.05, 3.63) is 119 Å². The summed E-state index contributed by atoms with van der Waals surface area (Å²) in [5.74, 6) is 0.802. The van der Waals surface area contributed by atoms with E-state index < -0.39 is 0 Å². The van der Waals surface area contributed by atoms with E-state index in [0.29, 0.717) is 0 Å². The van der Waals surface area contributed by atoms with Gasteiger partial charge in [-0.2, -0.15) is 0 Å². The molecule has 0 bridgehead atoms. The van der Waals surface area contributed by atoms with Crippen LogP contribution in [0.1, 0.15) is 0 Å². The third-order valence-electron chi connectivity index (χ3n) is 6.18. The first-order chi connectivity index (χ1) is 17.2. The van der Waals surface area contributed by atoms with Crippen LogP contribution in [0.5, 0.6) is 0 Å². The molecule has 168 valence electrons. The first-order valence-electron chi connectivity index (χ1n) is 11.2. The van der Waals surface area contributed by atoms with Crippen molar-refractivity contribution < 1.29 is 4.92 Å². The Morgan fingerprint density at radius 1 is 0.686 bits per heavy atom. The summed E-state index contributed by atoms with van der Waals surface area (Å²) in [6.45, 7) is 0. The number of aromatic nitrogens is 3. The SMILES string of the molecule is O=[N+]([O-])c1ccc(-c2ccc(-c3[nH]c(-c4c[nH]c5ccccc45)nc3-c3ccccc3)cc2)cc1. The van der Waals surface area contributed by atoms with Gasteiger partial charge >= 0.3 is 0 Å². The fourth-order valence-electron chi connectivity index (χ4n) is 4.39. The van der Waals surface area contributed by atoms with E-state index in [1.807, 2.05) is 48.7 Å². The van der Waals surface area contributed by atoms with Gasteiger partial charge in [-0.1, -0.05) is 72.8 Å². The number of para-hydroxylation sites is 1. The molecule has 0 saturated heterocycles. The number of hydrogen-bond donors (Lipinski definition) is 2. The van der Waals surface area contributed by atoms with Crippen LogP contribution in [0, 0.1) is 10.1 Å². The number of rotatable bonds is 5. The molecule has 0 unspecified atom stereocenters. The molecular weight excluding hydrogens is 436 g/mol. The molecule has 0 spiro atoms. The van der Waals surface area contributed by atoms with Crippen LogP contribution in [0.4, 0.5) is 5.69 Å². The monoisotopic (exact) mass is 456 g/mol. The zero-order chi connectivity index (χ0) is 23.8. The highest BCUT2D eigenvalue weighted by Crippen LogP contribution is 2.36. The van der Waals surface area contributed by atoms with E-state index in [4.69, 9.17) is 4.98 Å². The van der Waals surface area contributed by atoms with Crippen LogP contribution < -0.4 is 0 Å². The minimum atomic E-state index is -0.387. The fourth-order valence-corrected chi connectivity index (χ4v) is 4.39. The summed E-state index contributed by atoms with van der Waals surface area (Å²) in [6.07, 6.45) is 1.99. The number of nitro groups is 1. The van der Waals surface area contributed by atoms with E-state index in [0.717, 1.165) is 55.9 Å². The third kappa shape index (κ3) is 3.77. The van der Waals surface area contributed by atoms with Crippen LogP contribution in [0.2, 0.25) is 0 Å². The number of nitro benzene ring substituents is 1. The quantitative estimate of drug-likeness (QED) is 0.208. The molecular formula is C29H20N4O2. The number of fused-ring (bicyclic) bond motifs is 1. The van der Waals surface area contributed by atoms with E-state index in [1.165, 1.54) is 12.1 Å². The highest BCUT2D eigenvalue weighted by molar-refractivity contribution is 5.95. The fraction of sp³-hybridized carbons (Fsp3) is 0. The molecule has 0 radical (unpaired) electrons. The molecule has 0 amide bonds. The Morgan fingerprint density at radius 3 is 2.03 bits per heavy atom. The highest BCUT2D eigenvalue weighted by Gasteiger charge is 2.17. The lowest BCUT2D eigenvalue weighted by molar-refractivity contribution is -0.384. The Balaban J connectivity index is 1.43. The van der Waals surface area contributed by atoms with Gasteiger partial charge < -0.3 is 9.97 Å². The predicted molar refractivity (Wildman–Crippen MR) is 139 cm³/mol. The summed E-state index contributed by atoms with van der Waals surface area (Å²) in [5, 5.41) is 12.1. The second-order valence-corrected chi connectivity index (χ2v) is 8.30. The number of benzene rings is 4. The number of H-pyrrole nitrogens is 2. The minimum absolute atomic E-state index is 0.0835. The van der Waals surface area contributed by atoms with E-state index in [2.05, 4.69) is 46.4 Å². The number of non-ortho nitro benzene ring substituents is 1. The lowest BCUT2D eigenvalue weighted by atomic mass is 10.0. The number of nitrogens with one attached hydrogen (secondary N) is 2. The maximum atomic E-state index is 11.0. The lowest BCUT2D eigenvalue weighted by Crippen LogP contribution is -1.87. The van der Waals surface area contributed by atoms with Crippen molar-refractivity contribution in [1.29, 1.82) is 0 Å². The Bertz CT molecular complexity index is 1650. The van der Waals surface area contributed by atoms with Gasteiger partial charge in [-0.05, 0) is 29.3 Å². The van der Waals surface area contributed by atoms with Crippen LogP contribution in [0.25, 0.3) is 55.9 Å². The molecule has 2 heterocycles. The summed E-state index contributed by atoms with van der Waals surface area (Å²) in [5.41, 5.74) is 7.94. The first-order valence-corrected chi connectivity index (χ1v) is 11.2. The molecule has 0 aliphatic rings. The van der Waals surface area contributed by atoms with Crippen LogP contribution in [0.3, 0.4) is 0 Å². The maximum Gasteiger partial charge on any atom is 0.269 e.